The molecule has 0 saturated carbocycles. The van der Waals surface area contributed by atoms with Crippen LogP contribution in [0.25, 0.3) is 0 Å². The number of amides is 2. The highest BCUT2D eigenvalue weighted by Crippen LogP contribution is 2.24. The molecule has 0 aliphatic heterocycles. The van der Waals surface area contributed by atoms with Gasteiger partial charge in [0.05, 0.1) is 18.8 Å². The third-order valence-corrected chi connectivity index (χ3v) is 2.91. The number of hydrogen-bond acceptors (Lipinski definition) is 5. The maximum Gasteiger partial charge on any atom is 0.322 e. The molecule has 0 spiro atoms. The number of urea groups is 1. The van der Waals surface area contributed by atoms with E-state index in [9.17, 15) is 4.79 Å². The molecule has 0 radical (unpaired) electrons. The van der Waals surface area contributed by atoms with Crippen molar-refractivity contribution in [1.29, 1.82) is 0 Å². The number of carbonyl (C=O) groups is 1. The summed E-state index contributed by atoms with van der Waals surface area (Å²) in [5, 5.41) is 6.59. The Balaban J connectivity index is 1.95. The number of rotatable bonds is 7. The maximum atomic E-state index is 12.2. The van der Waals surface area contributed by atoms with Crippen molar-refractivity contribution in [3.8, 4) is 5.75 Å². The highest BCUT2D eigenvalue weighted by molar-refractivity contribution is 5.90. The molecular formula is C15H19N3O4. The summed E-state index contributed by atoms with van der Waals surface area (Å²) in [4.78, 5) is 13.7. The fraction of sp³-hybridized carbons (Fsp3) is 0.333. The van der Waals surface area contributed by atoms with Gasteiger partial charge in [0, 0.05) is 20.2 Å². The summed E-state index contributed by atoms with van der Waals surface area (Å²) >= 11 is 0. The minimum Gasteiger partial charge on any atom is -0.489 e. The van der Waals surface area contributed by atoms with E-state index in [2.05, 4.69) is 10.5 Å². The highest BCUT2D eigenvalue weighted by Gasteiger charge is 2.13. The predicted molar refractivity (Wildman–Crippen MR) is 80.8 cm³/mol. The number of aromatic nitrogens is 1. The van der Waals surface area contributed by atoms with Crippen LogP contribution in [0, 0.1) is 0 Å². The van der Waals surface area contributed by atoms with Gasteiger partial charge < -0.3 is 24.2 Å². The molecule has 0 unspecified atom stereocenters. The molecule has 1 aromatic heterocycles. The maximum absolute atomic E-state index is 12.2. The lowest BCUT2D eigenvalue weighted by molar-refractivity contribution is 0.146. The minimum atomic E-state index is -0.259. The number of para-hydroxylation sites is 2. The quantitative estimate of drug-likeness (QED) is 0.795. The summed E-state index contributed by atoms with van der Waals surface area (Å²) in [5.41, 5.74) is 1.29. The summed E-state index contributed by atoms with van der Waals surface area (Å²) in [7, 11) is 3.29. The topological polar surface area (TPSA) is 76.8 Å². The molecule has 2 aromatic rings. The Morgan fingerprint density at radius 1 is 1.32 bits per heavy atom. The predicted octanol–water partition coefficient (Wildman–Crippen LogP) is 2.36. The molecule has 7 nitrogen and oxygen atoms in total. The first-order valence-electron chi connectivity index (χ1n) is 6.83. The molecule has 7 heteroatoms. The zero-order chi connectivity index (χ0) is 15.8. The van der Waals surface area contributed by atoms with E-state index in [1.54, 1.807) is 32.4 Å². The molecule has 0 fully saturated rings. The molecule has 0 bridgehead atoms. The third-order valence-electron chi connectivity index (χ3n) is 2.91. The Labute approximate surface area is 128 Å². The molecule has 2 amide bonds. The van der Waals surface area contributed by atoms with Crippen molar-refractivity contribution in [3.63, 3.8) is 0 Å². The Kier molecular flexibility index (Phi) is 5.79. The molecule has 0 saturated heterocycles. The van der Waals surface area contributed by atoms with Gasteiger partial charge in [0.25, 0.3) is 0 Å². The van der Waals surface area contributed by atoms with E-state index in [0.717, 1.165) is 0 Å². The van der Waals surface area contributed by atoms with Crippen LogP contribution in [0.1, 0.15) is 5.69 Å². The van der Waals surface area contributed by atoms with Gasteiger partial charge in [-0.15, -0.1) is 0 Å². The van der Waals surface area contributed by atoms with Gasteiger partial charge in [-0.2, -0.15) is 0 Å². The van der Waals surface area contributed by atoms with E-state index in [4.69, 9.17) is 14.0 Å². The number of benzene rings is 1. The number of anilines is 1. The van der Waals surface area contributed by atoms with Crippen LogP contribution in [0.15, 0.2) is 41.1 Å². The second-order valence-electron chi connectivity index (χ2n) is 4.61. The van der Waals surface area contributed by atoms with Crippen molar-refractivity contribution in [2.75, 3.05) is 32.7 Å². The first kappa shape index (κ1) is 15.8. The summed E-state index contributed by atoms with van der Waals surface area (Å²) in [6.07, 6.45) is 1.47. The summed E-state index contributed by atoms with van der Waals surface area (Å²) < 4.78 is 15.3. The van der Waals surface area contributed by atoms with Crippen LogP contribution in [0.3, 0.4) is 0 Å². The first-order chi connectivity index (χ1) is 10.7. The fourth-order valence-electron chi connectivity index (χ4n) is 1.78. The van der Waals surface area contributed by atoms with Gasteiger partial charge in [-0.25, -0.2) is 4.79 Å². The SMILES string of the molecule is COCCOc1ccccc1NC(=O)N(C)Cc1ccon1. The van der Waals surface area contributed by atoms with Gasteiger partial charge in [-0.1, -0.05) is 17.3 Å². The molecule has 0 aliphatic carbocycles. The number of methoxy groups -OCH3 is 1. The van der Waals surface area contributed by atoms with Crippen LogP contribution in [0.5, 0.6) is 5.75 Å². The Morgan fingerprint density at radius 2 is 2.14 bits per heavy atom. The summed E-state index contributed by atoms with van der Waals surface area (Å²) in [5.74, 6) is 0.600. The van der Waals surface area contributed by atoms with Gasteiger partial charge in [0.15, 0.2) is 0 Å². The lowest BCUT2D eigenvalue weighted by atomic mass is 10.3. The normalized spacial score (nSPS) is 10.3. The van der Waals surface area contributed by atoms with Gasteiger partial charge in [-0.05, 0) is 12.1 Å². The van der Waals surface area contributed by atoms with Gasteiger partial charge in [0.1, 0.15) is 24.3 Å². The second kappa shape index (κ2) is 8.04. The highest BCUT2D eigenvalue weighted by atomic mass is 16.5. The minimum absolute atomic E-state index is 0.259. The molecule has 118 valence electrons. The Bertz CT molecular complexity index is 586. The van der Waals surface area contributed by atoms with Gasteiger partial charge in [0.2, 0.25) is 0 Å². The van der Waals surface area contributed by atoms with Gasteiger partial charge >= 0.3 is 6.03 Å². The number of ether oxygens (including phenoxy) is 2. The molecule has 0 aliphatic rings. The molecule has 1 aromatic carbocycles. The van der Waals surface area contributed by atoms with Crippen LogP contribution in [-0.4, -0.2) is 43.5 Å². The number of nitrogens with zero attached hydrogens (tertiary/aromatic N) is 2. The van der Waals surface area contributed by atoms with Crippen molar-refractivity contribution in [1.82, 2.24) is 10.1 Å². The number of carbonyl (C=O) groups excluding carboxylic acids is 1. The number of nitrogens with one attached hydrogen (secondary N) is 1. The monoisotopic (exact) mass is 305 g/mol. The van der Waals surface area contributed by atoms with E-state index in [0.29, 0.717) is 36.9 Å². The summed E-state index contributed by atoms with van der Waals surface area (Å²) in [6.45, 7) is 1.25. The van der Waals surface area contributed by atoms with Crippen molar-refractivity contribution in [3.05, 3.63) is 42.3 Å². The van der Waals surface area contributed by atoms with Crippen LogP contribution >= 0.6 is 0 Å². The Morgan fingerprint density at radius 3 is 2.86 bits per heavy atom. The molecular weight excluding hydrogens is 286 g/mol. The fourth-order valence-corrected chi connectivity index (χ4v) is 1.78. The van der Waals surface area contributed by atoms with E-state index in [1.807, 2.05) is 12.1 Å². The zero-order valence-corrected chi connectivity index (χ0v) is 12.6. The third kappa shape index (κ3) is 4.49. The first-order valence-corrected chi connectivity index (χ1v) is 6.83. The van der Waals surface area contributed by atoms with E-state index in [1.165, 1.54) is 11.2 Å². The van der Waals surface area contributed by atoms with Gasteiger partial charge in [-0.3, -0.25) is 0 Å². The lowest BCUT2D eigenvalue weighted by Gasteiger charge is -2.18. The molecule has 0 atom stereocenters. The number of hydrogen-bond donors (Lipinski definition) is 1. The van der Waals surface area contributed by atoms with E-state index >= 15 is 0 Å². The molecule has 2 rings (SSSR count). The molecule has 1 N–H and O–H groups in total. The molecule has 22 heavy (non-hydrogen) atoms. The second-order valence-corrected chi connectivity index (χ2v) is 4.61. The average Bonchev–Trinajstić information content (AvgIpc) is 3.02. The van der Waals surface area contributed by atoms with Crippen molar-refractivity contribution in [2.24, 2.45) is 0 Å². The lowest BCUT2D eigenvalue weighted by Crippen LogP contribution is -2.31. The largest absolute Gasteiger partial charge is 0.489 e. The zero-order valence-electron chi connectivity index (χ0n) is 12.6. The standard InChI is InChI=1S/C15H19N3O4/c1-18(11-12-7-8-22-17-12)15(19)16-13-5-3-4-6-14(13)21-10-9-20-2/h3-8H,9-11H2,1-2H3,(H,16,19). The smallest absolute Gasteiger partial charge is 0.322 e. The van der Waals surface area contributed by atoms with Crippen LogP contribution in [-0.2, 0) is 11.3 Å². The van der Waals surface area contributed by atoms with Crippen molar-refractivity contribution >= 4 is 11.7 Å². The summed E-state index contributed by atoms with van der Waals surface area (Å²) in [6, 6.07) is 8.71. The van der Waals surface area contributed by atoms with E-state index < -0.39 is 0 Å². The van der Waals surface area contributed by atoms with Crippen LogP contribution in [0.2, 0.25) is 0 Å². The Hall–Kier alpha value is -2.54. The van der Waals surface area contributed by atoms with Crippen molar-refractivity contribution < 1.29 is 18.8 Å². The molecule has 1 heterocycles. The van der Waals surface area contributed by atoms with Crippen LogP contribution < -0.4 is 10.1 Å². The van der Waals surface area contributed by atoms with Crippen LogP contribution in [0.4, 0.5) is 10.5 Å². The van der Waals surface area contributed by atoms with Crippen molar-refractivity contribution in [2.45, 2.75) is 6.54 Å². The van der Waals surface area contributed by atoms with E-state index in [-0.39, 0.29) is 6.03 Å². The average molecular weight is 305 g/mol.